The highest BCUT2D eigenvalue weighted by molar-refractivity contribution is 7.92. The molecule has 0 spiro atoms. The number of ether oxygens (including phenoxy) is 1. The van der Waals surface area contributed by atoms with Crippen molar-refractivity contribution in [2.45, 2.75) is 0 Å². The van der Waals surface area contributed by atoms with Gasteiger partial charge in [0.15, 0.2) is 0 Å². The summed E-state index contributed by atoms with van der Waals surface area (Å²) in [6.07, 6.45) is 2.55. The third-order valence-corrected chi connectivity index (χ3v) is 5.66. The van der Waals surface area contributed by atoms with Gasteiger partial charge in [0.05, 0.1) is 18.2 Å². The molecule has 3 rings (SSSR count). The summed E-state index contributed by atoms with van der Waals surface area (Å²) < 4.78 is 31.1. The number of carbonyl (C=O) groups is 1. The van der Waals surface area contributed by atoms with Crippen LogP contribution in [0, 0.1) is 0 Å². The van der Waals surface area contributed by atoms with Gasteiger partial charge in [-0.15, -0.1) is 11.3 Å². The third kappa shape index (κ3) is 6.16. The lowest BCUT2D eigenvalue weighted by atomic mass is 10.3. The molecule has 0 atom stereocenters. The van der Waals surface area contributed by atoms with Crippen molar-refractivity contribution in [1.29, 1.82) is 0 Å². The fourth-order valence-electron chi connectivity index (χ4n) is 2.40. The molecule has 1 N–H and O–H groups in total. The number of anilines is 1. The minimum atomic E-state index is -3.67. The van der Waals surface area contributed by atoms with Crippen molar-refractivity contribution in [2.75, 3.05) is 17.1 Å². The lowest BCUT2D eigenvalue weighted by molar-refractivity contribution is -0.119. The maximum absolute atomic E-state index is 12.2. The molecule has 0 fully saturated rings. The van der Waals surface area contributed by atoms with Crippen LogP contribution < -0.4 is 14.5 Å². The third-order valence-electron chi connectivity index (χ3n) is 3.72. The molecule has 0 radical (unpaired) electrons. The summed E-state index contributed by atoms with van der Waals surface area (Å²) in [7, 11) is -3.67. The average molecular weight is 430 g/mol. The SMILES string of the molecule is CS(=O)(=O)N(CC(=O)N/N=C\c1cccs1)c1ccc(Oc2ccccc2)cc1. The monoisotopic (exact) mass is 429 g/mol. The largest absolute Gasteiger partial charge is 0.457 e. The fraction of sp³-hybridized carbons (Fsp3) is 0.100. The summed E-state index contributed by atoms with van der Waals surface area (Å²) in [5, 5.41) is 5.74. The Bertz CT molecular complexity index is 1060. The van der Waals surface area contributed by atoms with Crippen LogP contribution in [0.15, 0.2) is 77.2 Å². The maximum atomic E-state index is 12.2. The van der Waals surface area contributed by atoms with Crippen LogP contribution >= 0.6 is 11.3 Å². The summed E-state index contributed by atoms with van der Waals surface area (Å²) in [6, 6.07) is 19.4. The zero-order valence-corrected chi connectivity index (χ0v) is 17.2. The molecule has 0 saturated carbocycles. The molecule has 150 valence electrons. The van der Waals surface area contributed by atoms with E-state index in [1.54, 1.807) is 24.3 Å². The molecule has 0 aliphatic rings. The molecule has 0 aliphatic heterocycles. The summed E-state index contributed by atoms with van der Waals surface area (Å²) in [4.78, 5) is 13.0. The highest BCUT2D eigenvalue weighted by Gasteiger charge is 2.20. The van der Waals surface area contributed by atoms with Crippen molar-refractivity contribution in [3.63, 3.8) is 0 Å². The Kier molecular flexibility index (Phi) is 6.63. The van der Waals surface area contributed by atoms with E-state index in [1.807, 2.05) is 47.8 Å². The van der Waals surface area contributed by atoms with Gasteiger partial charge in [0.25, 0.3) is 5.91 Å². The number of nitrogens with zero attached hydrogens (tertiary/aromatic N) is 2. The van der Waals surface area contributed by atoms with E-state index in [0.29, 0.717) is 17.2 Å². The number of carbonyl (C=O) groups excluding carboxylic acids is 1. The molecular formula is C20H19N3O4S2. The Morgan fingerprint density at radius 1 is 1.07 bits per heavy atom. The second-order valence-electron chi connectivity index (χ2n) is 5.99. The second kappa shape index (κ2) is 9.35. The molecule has 0 aliphatic carbocycles. The van der Waals surface area contributed by atoms with Crippen LogP contribution in [-0.2, 0) is 14.8 Å². The molecular weight excluding hydrogens is 410 g/mol. The quantitative estimate of drug-likeness (QED) is 0.439. The second-order valence-corrected chi connectivity index (χ2v) is 8.87. The van der Waals surface area contributed by atoms with Crippen LogP contribution in [-0.4, -0.2) is 33.3 Å². The van der Waals surface area contributed by atoms with Gasteiger partial charge in [0.1, 0.15) is 18.0 Å². The van der Waals surface area contributed by atoms with Crippen LogP contribution in [0.2, 0.25) is 0 Å². The van der Waals surface area contributed by atoms with Gasteiger partial charge in [-0.05, 0) is 47.8 Å². The highest BCUT2D eigenvalue weighted by atomic mass is 32.2. The molecule has 29 heavy (non-hydrogen) atoms. The van der Waals surface area contributed by atoms with Gasteiger partial charge < -0.3 is 4.74 Å². The van der Waals surface area contributed by atoms with E-state index in [0.717, 1.165) is 15.4 Å². The number of sulfonamides is 1. The number of para-hydroxylation sites is 1. The van der Waals surface area contributed by atoms with Crippen molar-refractivity contribution in [2.24, 2.45) is 5.10 Å². The minimum Gasteiger partial charge on any atom is -0.457 e. The summed E-state index contributed by atoms with van der Waals surface area (Å²) in [5.74, 6) is 0.675. The minimum absolute atomic E-state index is 0.352. The molecule has 0 saturated heterocycles. The lowest BCUT2D eigenvalue weighted by Gasteiger charge is -2.21. The molecule has 1 amide bonds. The Morgan fingerprint density at radius 2 is 1.76 bits per heavy atom. The van der Waals surface area contributed by atoms with Crippen LogP contribution in [0.1, 0.15) is 4.88 Å². The zero-order valence-electron chi connectivity index (χ0n) is 15.6. The normalized spacial score (nSPS) is 11.3. The molecule has 0 bridgehead atoms. The Balaban J connectivity index is 1.67. The molecule has 1 aromatic heterocycles. The van der Waals surface area contributed by atoms with Crippen LogP contribution in [0.5, 0.6) is 11.5 Å². The molecule has 7 nitrogen and oxygen atoms in total. The van der Waals surface area contributed by atoms with E-state index in [-0.39, 0.29) is 6.54 Å². The van der Waals surface area contributed by atoms with Gasteiger partial charge in [-0.1, -0.05) is 24.3 Å². The fourth-order valence-corrected chi connectivity index (χ4v) is 3.84. The molecule has 0 unspecified atom stereocenters. The molecule has 3 aromatic rings. The standard InChI is InChI=1S/C20H19N3O4S2/c1-29(25,26)23(15-20(24)22-21-14-19-8-5-13-28-19)16-9-11-18(12-10-16)27-17-6-3-2-4-7-17/h2-14H,15H2,1H3,(H,22,24)/b21-14-. The van der Waals surface area contributed by atoms with Crippen molar-refractivity contribution in [3.8, 4) is 11.5 Å². The van der Waals surface area contributed by atoms with E-state index in [4.69, 9.17) is 4.74 Å². The van der Waals surface area contributed by atoms with Gasteiger partial charge in [-0.25, -0.2) is 13.8 Å². The van der Waals surface area contributed by atoms with Crippen LogP contribution in [0.4, 0.5) is 5.69 Å². The first-order chi connectivity index (χ1) is 13.9. The van der Waals surface area contributed by atoms with Crippen molar-refractivity contribution >= 4 is 39.2 Å². The first-order valence-electron chi connectivity index (χ1n) is 8.58. The number of thiophene rings is 1. The Labute approximate surface area is 173 Å². The average Bonchev–Trinajstić information content (AvgIpc) is 3.20. The predicted molar refractivity (Wildman–Crippen MR) is 115 cm³/mol. The number of benzene rings is 2. The van der Waals surface area contributed by atoms with Crippen LogP contribution in [0.3, 0.4) is 0 Å². The summed E-state index contributed by atoms with van der Waals surface area (Å²) >= 11 is 1.47. The predicted octanol–water partition coefficient (Wildman–Crippen LogP) is 3.46. The smallest absolute Gasteiger partial charge is 0.260 e. The topological polar surface area (TPSA) is 88.1 Å². The number of hydrogen-bond donors (Lipinski definition) is 1. The number of hydrazone groups is 1. The van der Waals surface area contributed by atoms with Gasteiger partial charge in [0, 0.05) is 4.88 Å². The van der Waals surface area contributed by atoms with Crippen molar-refractivity contribution < 1.29 is 17.9 Å². The Hall–Kier alpha value is -3.17. The van der Waals surface area contributed by atoms with E-state index in [1.165, 1.54) is 17.6 Å². The summed E-state index contributed by atoms with van der Waals surface area (Å²) in [6.45, 7) is -0.389. The van der Waals surface area contributed by atoms with Crippen molar-refractivity contribution in [3.05, 3.63) is 77.0 Å². The molecule has 1 heterocycles. The number of amides is 1. The molecule has 9 heteroatoms. The number of nitrogens with one attached hydrogen (secondary N) is 1. The summed E-state index contributed by atoms with van der Waals surface area (Å²) in [5.41, 5.74) is 2.70. The zero-order chi connectivity index (χ0) is 20.7. The van der Waals surface area contributed by atoms with Gasteiger partial charge in [-0.2, -0.15) is 5.10 Å². The number of hydrogen-bond acceptors (Lipinski definition) is 6. The lowest BCUT2D eigenvalue weighted by Crippen LogP contribution is -2.38. The highest BCUT2D eigenvalue weighted by Crippen LogP contribution is 2.25. The Morgan fingerprint density at radius 3 is 2.38 bits per heavy atom. The van der Waals surface area contributed by atoms with E-state index in [2.05, 4.69) is 10.5 Å². The first kappa shape index (κ1) is 20.6. The van der Waals surface area contributed by atoms with E-state index < -0.39 is 15.9 Å². The van der Waals surface area contributed by atoms with E-state index in [9.17, 15) is 13.2 Å². The maximum Gasteiger partial charge on any atom is 0.260 e. The van der Waals surface area contributed by atoms with Gasteiger partial charge >= 0.3 is 0 Å². The van der Waals surface area contributed by atoms with E-state index >= 15 is 0 Å². The molecule has 2 aromatic carbocycles. The first-order valence-corrected chi connectivity index (χ1v) is 11.3. The van der Waals surface area contributed by atoms with Gasteiger partial charge in [0.2, 0.25) is 10.0 Å². The van der Waals surface area contributed by atoms with Crippen LogP contribution in [0.25, 0.3) is 0 Å². The van der Waals surface area contributed by atoms with Crippen molar-refractivity contribution in [1.82, 2.24) is 5.43 Å². The van der Waals surface area contributed by atoms with Gasteiger partial charge in [-0.3, -0.25) is 9.10 Å². The number of rotatable bonds is 8.